The van der Waals surface area contributed by atoms with Crippen LogP contribution in [0, 0.1) is 0 Å². The van der Waals surface area contributed by atoms with Crippen molar-refractivity contribution in [2.45, 2.75) is 26.3 Å². The van der Waals surface area contributed by atoms with Crippen LogP contribution in [0.2, 0.25) is 0 Å². The second kappa shape index (κ2) is 10.1. The van der Waals surface area contributed by atoms with Gasteiger partial charge in [0, 0.05) is 11.9 Å². The molecule has 7 heteroatoms. The molecule has 2 heterocycles. The number of aliphatic hydroxyl groups is 1. The van der Waals surface area contributed by atoms with Crippen molar-refractivity contribution >= 4 is 22.7 Å². The number of carbonyl (C=O) groups excluding carboxylic acids is 2. The first-order chi connectivity index (χ1) is 16.5. The molecule has 1 unspecified atom stereocenters. The third kappa shape index (κ3) is 4.43. The number of para-hydroxylation sites is 1. The smallest absolute Gasteiger partial charge is 0.290 e. The fraction of sp³-hybridized carbons (Fsp3) is 0.333. The third-order valence-corrected chi connectivity index (χ3v) is 6.40. The molecular weight excluding hydrogens is 432 g/mol. The summed E-state index contributed by atoms with van der Waals surface area (Å²) in [6.07, 6.45) is 0.722. The molecular formula is C27H30N2O5. The third-order valence-electron chi connectivity index (χ3n) is 6.40. The number of ketones is 1. The Morgan fingerprint density at radius 3 is 2.47 bits per heavy atom. The van der Waals surface area contributed by atoms with E-state index in [4.69, 9.17) is 9.15 Å². The summed E-state index contributed by atoms with van der Waals surface area (Å²) in [5, 5.41) is 11.6. The number of hydrogen-bond donors (Lipinski definition) is 1. The van der Waals surface area contributed by atoms with Gasteiger partial charge in [0.2, 0.25) is 5.78 Å². The Kier molecular flexibility index (Phi) is 7.03. The monoisotopic (exact) mass is 462 g/mol. The van der Waals surface area contributed by atoms with Crippen LogP contribution in [0.15, 0.2) is 70.3 Å². The number of nitrogens with zero attached hydrogens (tertiary/aromatic N) is 2. The minimum absolute atomic E-state index is 0.0389. The zero-order valence-electron chi connectivity index (χ0n) is 19.8. The highest BCUT2D eigenvalue weighted by molar-refractivity contribution is 6.16. The highest BCUT2D eigenvalue weighted by atomic mass is 16.5. The largest absolute Gasteiger partial charge is 0.503 e. The maximum atomic E-state index is 13.6. The van der Waals surface area contributed by atoms with Gasteiger partial charge in [-0.1, -0.05) is 44.2 Å². The van der Waals surface area contributed by atoms with Gasteiger partial charge >= 0.3 is 0 Å². The quantitative estimate of drug-likeness (QED) is 0.438. The van der Waals surface area contributed by atoms with Gasteiger partial charge in [0.25, 0.3) is 5.91 Å². The number of aliphatic hydroxyl groups excluding tert-OH is 1. The van der Waals surface area contributed by atoms with Gasteiger partial charge in [0.1, 0.15) is 11.3 Å². The number of benzene rings is 2. The zero-order valence-corrected chi connectivity index (χ0v) is 19.8. The predicted octanol–water partition coefficient (Wildman–Crippen LogP) is 4.75. The van der Waals surface area contributed by atoms with Crippen LogP contribution in [0.25, 0.3) is 11.0 Å². The first-order valence-corrected chi connectivity index (χ1v) is 11.6. The second-order valence-electron chi connectivity index (χ2n) is 8.29. The molecule has 1 N–H and O–H groups in total. The topological polar surface area (TPSA) is 83.2 Å². The molecule has 3 aromatic rings. The Balaban J connectivity index is 1.69. The average molecular weight is 463 g/mol. The molecule has 0 spiro atoms. The van der Waals surface area contributed by atoms with Gasteiger partial charge in [-0.2, -0.15) is 0 Å². The molecule has 1 aliphatic rings. The number of Topliss-reactive ketones (excluding diaryl/α,β-unsaturated/α-hetero) is 1. The highest BCUT2D eigenvalue weighted by Crippen LogP contribution is 2.40. The Morgan fingerprint density at radius 1 is 1.12 bits per heavy atom. The summed E-state index contributed by atoms with van der Waals surface area (Å²) in [6.45, 7) is 7.27. The van der Waals surface area contributed by atoms with Gasteiger partial charge in [-0.3, -0.25) is 9.59 Å². The number of fused-ring (bicyclic) bond motifs is 1. The number of amides is 1. The molecule has 0 bridgehead atoms. The molecule has 34 heavy (non-hydrogen) atoms. The zero-order chi connectivity index (χ0) is 24.2. The van der Waals surface area contributed by atoms with E-state index in [0.717, 1.165) is 37.0 Å². The van der Waals surface area contributed by atoms with Gasteiger partial charge < -0.3 is 24.1 Å². The average Bonchev–Trinajstić information content (AvgIpc) is 3.41. The summed E-state index contributed by atoms with van der Waals surface area (Å²) < 4.78 is 11.0. The van der Waals surface area contributed by atoms with Crippen molar-refractivity contribution < 1.29 is 23.8 Å². The van der Waals surface area contributed by atoms with Crippen molar-refractivity contribution in [2.24, 2.45) is 0 Å². The van der Waals surface area contributed by atoms with Crippen LogP contribution >= 0.6 is 0 Å². The van der Waals surface area contributed by atoms with Gasteiger partial charge in [-0.25, -0.2) is 0 Å². The molecule has 1 aromatic heterocycles. The summed E-state index contributed by atoms with van der Waals surface area (Å²) >= 11 is 0. The van der Waals surface area contributed by atoms with E-state index in [2.05, 4.69) is 18.7 Å². The van der Waals surface area contributed by atoms with E-state index in [9.17, 15) is 14.7 Å². The van der Waals surface area contributed by atoms with Gasteiger partial charge in [0.15, 0.2) is 11.5 Å². The molecule has 7 nitrogen and oxygen atoms in total. The lowest BCUT2D eigenvalue weighted by Crippen LogP contribution is -2.34. The standard InChI is InChI=1S/C27H30N2O5/c1-4-28(5-2)15-8-16-29-24(18-11-13-20(33-3)14-12-18)23(26(31)27(29)32)25(30)22-17-19-9-6-7-10-21(19)34-22/h6-7,9-14,17,24,31H,4-5,8,15-16H2,1-3H3. The first kappa shape index (κ1) is 23.6. The molecule has 1 amide bonds. The van der Waals surface area contributed by atoms with Gasteiger partial charge in [-0.15, -0.1) is 0 Å². The Hall–Kier alpha value is -3.58. The van der Waals surface area contributed by atoms with Gasteiger partial charge in [-0.05, 0) is 55.9 Å². The second-order valence-corrected chi connectivity index (χ2v) is 8.29. The van der Waals surface area contributed by atoms with Crippen LogP contribution in [0.5, 0.6) is 5.75 Å². The summed E-state index contributed by atoms with van der Waals surface area (Å²) in [5.74, 6) is -0.790. The predicted molar refractivity (Wildman–Crippen MR) is 130 cm³/mol. The number of hydrogen-bond acceptors (Lipinski definition) is 6. The highest BCUT2D eigenvalue weighted by Gasteiger charge is 2.44. The van der Waals surface area contributed by atoms with Crippen LogP contribution in [-0.4, -0.2) is 59.9 Å². The molecule has 2 aromatic carbocycles. The number of carbonyl (C=O) groups is 2. The maximum Gasteiger partial charge on any atom is 0.290 e. The molecule has 0 saturated heterocycles. The Bertz CT molecular complexity index is 1170. The summed E-state index contributed by atoms with van der Waals surface area (Å²) in [7, 11) is 1.58. The van der Waals surface area contributed by atoms with Crippen molar-refractivity contribution in [2.75, 3.05) is 33.3 Å². The van der Waals surface area contributed by atoms with Crippen LogP contribution in [0.3, 0.4) is 0 Å². The normalized spacial score (nSPS) is 16.2. The van der Waals surface area contributed by atoms with Crippen molar-refractivity contribution in [3.63, 3.8) is 0 Å². The fourth-order valence-electron chi connectivity index (χ4n) is 4.48. The van der Waals surface area contributed by atoms with E-state index in [1.165, 1.54) is 0 Å². The number of furan rings is 1. The van der Waals surface area contributed by atoms with Crippen LogP contribution in [-0.2, 0) is 4.79 Å². The Labute approximate surface area is 199 Å². The first-order valence-electron chi connectivity index (χ1n) is 11.6. The van der Waals surface area contributed by atoms with E-state index in [1.807, 2.05) is 30.3 Å². The number of rotatable bonds is 10. The number of ether oxygens (including phenoxy) is 1. The van der Waals surface area contributed by atoms with Crippen LogP contribution < -0.4 is 4.74 Å². The van der Waals surface area contributed by atoms with E-state index in [0.29, 0.717) is 17.9 Å². The van der Waals surface area contributed by atoms with E-state index >= 15 is 0 Å². The van der Waals surface area contributed by atoms with Crippen molar-refractivity contribution in [3.8, 4) is 5.75 Å². The van der Waals surface area contributed by atoms with Crippen molar-refractivity contribution in [1.82, 2.24) is 9.80 Å². The summed E-state index contributed by atoms with van der Waals surface area (Å²) in [6, 6.07) is 15.5. The van der Waals surface area contributed by atoms with Crippen molar-refractivity contribution in [1.29, 1.82) is 0 Å². The van der Waals surface area contributed by atoms with Crippen LogP contribution in [0.1, 0.15) is 42.4 Å². The Morgan fingerprint density at radius 2 is 1.82 bits per heavy atom. The number of methoxy groups -OCH3 is 1. The molecule has 4 rings (SSSR count). The van der Waals surface area contributed by atoms with E-state index in [-0.39, 0.29) is 11.3 Å². The maximum absolute atomic E-state index is 13.6. The molecule has 178 valence electrons. The summed E-state index contributed by atoms with van der Waals surface area (Å²) in [4.78, 5) is 30.6. The molecule has 1 atom stereocenters. The van der Waals surface area contributed by atoms with Gasteiger partial charge in [0.05, 0.1) is 18.7 Å². The molecule has 0 radical (unpaired) electrons. The molecule has 0 aliphatic carbocycles. The summed E-state index contributed by atoms with van der Waals surface area (Å²) in [5.41, 5.74) is 1.34. The lowest BCUT2D eigenvalue weighted by atomic mass is 9.95. The van der Waals surface area contributed by atoms with E-state index in [1.54, 1.807) is 36.3 Å². The molecule has 0 saturated carbocycles. The van der Waals surface area contributed by atoms with Crippen molar-refractivity contribution in [3.05, 3.63) is 77.3 Å². The minimum atomic E-state index is -0.712. The minimum Gasteiger partial charge on any atom is -0.503 e. The fourth-order valence-corrected chi connectivity index (χ4v) is 4.48. The lowest BCUT2D eigenvalue weighted by molar-refractivity contribution is -0.129. The molecule has 0 fully saturated rings. The lowest BCUT2D eigenvalue weighted by Gasteiger charge is -2.28. The SMILES string of the molecule is CCN(CC)CCCN1C(=O)C(O)=C(C(=O)c2cc3ccccc3o2)C1c1ccc(OC)cc1. The molecule has 1 aliphatic heterocycles. The van der Waals surface area contributed by atoms with Crippen LogP contribution in [0.4, 0.5) is 0 Å². The van der Waals surface area contributed by atoms with E-state index < -0.39 is 23.5 Å².